The molecule has 0 fully saturated rings. The molecule has 1 aromatic heterocycles. The maximum absolute atomic E-state index is 12.4. The van der Waals surface area contributed by atoms with Gasteiger partial charge >= 0.3 is 0 Å². The monoisotopic (exact) mass is 383 g/mol. The van der Waals surface area contributed by atoms with E-state index in [0.29, 0.717) is 29.1 Å². The summed E-state index contributed by atoms with van der Waals surface area (Å²) in [5, 5.41) is 5.92. The van der Waals surface area contributed by atoms with Crippen LogP contribution in [0.3, 0.4) is 0 Å². The first-order chi connectivity index (χ1) is 13.0. The van der Waals surface area contributed by atoms with E-state index in [9.17, 15) is 13.2 Å². The summed E-state index contributed by atoms with van der Waals surface area (Å²) < 4.78 is 32.6. The fraction of sp³-hybridized carbons (Fsp3) is 0.105. The molecule has 0 saturated heterocycles. The number of anilines is 1. The number of rotatable bonds is 4. The van der Waals surface area contributed by atoms with E-state index in [1.54, 1.807) is 66.9 Å². The van der Waals surface area contributed by atoms with Crippen LogP contribution in [0.15, 0.2) is 76.2 Å². The van der Waals surface area contributed by atoms with Gasteiger partial charge in [-0.25, -0.2) is 8.42 Å². The minimum atomic E-state index is -3.60. The molecular weight excluding hydrogens is 366 g/mol. The van der Waals surface area contributed by atoms with E-state index in [1.165, 1.54) is 0 Å². The van der Waals surface area contributed by atoms with Crippen LogP contribution in [0.25, 0.3) is 0 Å². The molecule has 3 N–H and O–H groups in total. The first-order valence-electron chi connectivity index (χ1n) is 8.31. The number of fused-ring (bicyclic) bond motifs is 1. The summed E-state index contributed by atoms with van der Waals surface area (Å²) in [5.41, 5.74) is 1.72. The van der Waals surface area contributed by atoms with Crippen LogP contribution in [0, 0.1) is 0 Å². The lowest BCUT2D eigenvalue weighted by Gasteiger charge is -2.28. The molecule has 2 aromatic carbocycles. The molecule has 0 radical (unpaired) electrons. The fourth-order valence-electron chi connectivity index (χ4n) is 2.88. The highest BCUT2D eigenvalue weighted by Crippen LogP contribution is 2.30. The van der Waals surface area contributed by atoms with Crippen LogP contribution in [-0.2, 0) is 16.6 Å². The summed E-state index contributed by atoms with van der Waals surface area (Å²) in [6, 6.07) is 17.0. The Morgan fingerprint density at radius 3 is 2.56 bits per heavy atom. The predicted molar refractivity (Wildman–Crippen MR) is 99.4 cm³/mol. The van der Waals surface area contributed by atoms with Gasteiger partial charge in [-0.05, 0) is 42.0 Å². The van der Waals surface area contributed by atoms with Gasteiger partial charge in [0, 0.05) is 5.56 Å². The van der Waals surface area contributed by atoms with E-state index < -0.39 is 16.2 Å². The van der Waals surface area contributed by atoms with Crippen LogP contribution in [0.1, 0.15) is 27.8 Å². The molecule has 138 valence electrons. The summed E-state index contributed by atoms with van der Waals surface area (Å²) in [6.07, 6.45) is 0.942. The SMILES string of the molecule is O=C(NCc1ccco1)c1ccc([C@@H]2Nc3ccccc3S(=O)(=O)N2)cc1. The zero-order valence-corrected chi connectivity index (χ0v) is 15.0. The smallest absolute Gasteiger partial charge is 0.251 e. The van der Waals surface area contributed by atoms with Gasteiger partial charge in [0.2, 0.25) is 10.0 Å². The van der Waals surface area contributed by atoms with Crippen LogP contribution in [0.2, 0.25) is 0 Å². The molecule has 1 atom stereocenters. The van der Waals surface area contributed by atoms with Crippen molar-refractivity contribution < 1.29 is 17.6 Å². The summed E-state index contributed by atoms with van der Waals surface area (Å²) in [4.78, 5) is 12.4. The van der Waals surface area contributed by atoms with E-state index in [4.69, 9.17) is 4.42 Å². The van der Waals surface area contributed by atoms with E-state index in [2.05, 4.69) is 15.4 Å². The number of carbonyl (C=O) groups excluding carboxylic acids is 1. The quantitative estimate of drug-likeness (QED) is 0.643. The van der Waals surface area contributed by atoms with Crippen molar-refractivity contribution in [1.29, 1.82) is 0 Å². The van der Waals surface area contributed by atoms with Gasteiger partial charge < -0.3 is 15.1 Å². The molecule has 8 heteroatoms. The largest absolute Gasteiger partial charge is 0.467 e. The van der Waals surface area contributed by atoms with Crippen molar-refractivity contribution in [2.45, 2.75) is 17.6 Å². The zero-order chi connectivity index (χ0) is 18.9. The highest BCUT2D eigenvalue weighted by atomic mass is 32.2. The molecule has 0 bridgehead atoms. The van der Waals surface area contributed by atoms with Crippen LogP contribution in [-0.4, -0.2) is 14.3 Å². The Kier molecular flexibility index (Phi) is 4.43. The number of amides is 1. The number of sulfonamides is 1. The van der Waals surface area contributed by atoms with Gasteiger partial charge in [0.15, 0.2) is 0 Å². The second-order valence-electron chi connectivity index (χ2n) is 6.08. The third kappa shape index (κ3) is 3.57. The molecule has 27 heavy (non-hydrogen) atoms. The molecule has 4 rings (SSSR count). The second-order valence-corrected chi connectivity index (χ2v) is 7.76. The zero-order valence-electron chi connectivity index (χ0n) is 14.2. The van der Waals surface area contributed by atoms with Crippen LogP contribution in [0.5, 0.6) is 0 Å². The maximum Gasteiger partial charge on any atom is 0.251 e. The van der Waals surface area contributed by atoms with Gasteiger partial charge in [0.25, 0.3) is 5.91 Å². The molecule has 0 unspecified atom stereocenters. The predicted octanol–water partition coefficient (Wildman–Crippen LogP) is 2.61. The van der Waals surface area contributed by atoms with Crippen LogP contribution < -0.4 is 15.4 Å². The lowest BCUT2D eigenvalue weighted by Crippen LogP contribution is -2.38. The number of hydrogen-bond donors (Lipinski definition) is 3. The maximum atomic E-state index is 12.4. The number of para-hydroxylation sites is 1. The lowest BCUT2D eigenvalue weighted by atomic mass is 10.1. The molecular formula is C19H17N3O4S. The van der Waals surface area contributed by atoms with Gasteiger partial charge in [-0.3, -0.25) is 4.79 Å². The first-order valence-corrected chi connectivity index (χ1v) is 9.80. The van der Waals surface area contributed by atoms with Gasteiger partial charge in [-0.15, -0.1) is 0 Å². The van der Waals surface area contributed by atoms with Crippen molar-refractivity contribution in [3.63, 3.8) is 0 Å². The van der Waals surface area contributed by atoms with E-state index in [0.717, 1.165) is 0 Å². The Labute approximate surface area is 156 Å². The summed E-state index contributed by atoms with van der Waals surface area (Å²) >= 11 is 0. The van der Waals surface area contributed by atoms with Crippen molar-refractivity contribution >= 4 is 21.6 Å². The third-order valence-corrected chi connectivity index (χ3v) is 5.74. The number of nitrogens with one attached hydrogen (secondary N) is 3. The fourth-order valence-corrected chi connectivity index (χ4v) is 4.19. The van der Waals surface area contributed by atoms with Crippen molar-refractivity contribution in [2.24, 2.45) is 0 Å². The van der Waals surface area contributed by atoms with Crippen molar-refractivity contribution in [1.82, 2.24) is 10.0 Å². The summed E-state index contributed by atoms with van der Waals surface area (Å²) in [6.45, 7) is 0.300. The highest BCUT2D eigenvalue weighted by molar-refractivity contribution is 7.89. The standard InChI is InChI=1S/C19H17N3O4S/c23-19(20-12-15-4-3-11-26-15)14-9-7-13(8-10-14)18-21-16-5-1-2-6-17(16)27(24,25)22-18/h1-11,18,21-22H,12H2,(H,20,23)/t18-/m1/s1. The topological polar surface area (TPSA) is 100 Å². The molecule has 0 spiro atoms. The Bertz CT molecular complexity index is 1060. The number of hydrogen-bond acceptors (Lipinski definition) is 5. The molecule has 3 aromatic rings. The Hall–Kier alpha value is -3.10. The normalized spacial score (nSPS) is 17.6. The Balaban J connectivity index is 1.49. The molecule has 1 aliphatic rings. The van der Waals surface area contributed by atoms with Gasteiger partial charge in [-0.1, -0.05) is 24.3 Å². The average molecular weight is 383 g/mol. The summed E-state index contributed by atoms with van der Waals surface area (Å²) in [5.74, 6) is 0.430. The number of carbonyl (C=O) groups is 1. The molecule has 7 nitrogen and oxygen atoms in total. The Morgan fingerprint density at radius 1 is 1.04 bits per heavy atom. The minimum Gasteiger partial charge on any atom is -0.467 e. The molecule has 1 aliphatic heterocycles. The van der Waals surface area contributed by atoms with Crippen molar-refractivity contribution in [3.8, 4) is 0 Å². The number of furan rings is 1. The van der Waals surface area contributed by atoms with Gasteiger partial charge in [0.1, 0.15) is 16.8 Å². The summed E-state index contributed by atoms with van der Waals surface area (Å²) in [7, 11) is -3.60. The van der Waals surface area contributed by atoms with Crippen molar-refractivity contribution in [3.05, 3.63) is 83.8 Å². The van der Waals surface area contributed by atoms with Crippen molar-refractivity contribution in [2.75, 3.05) is 5.32 Å². The second kappa shape index (κ2) is 6.90. The third-order valence-electron chi connectivity index (χ3n) is 4.26. The molecule has 2 heterocycles. The van der Waals surface area contributed by atoms with E-state index in [1.807, 2.05) is 0 Å². The lowest BCUT2D eigenvalue weighted by molar-refractivity contribution is 0.0948. The average Bonchev–Trinajstić information content (AvgIpc) is 3.19. The van der Waals surface area contributed by atoms with E-state index in [-0.39, 0.29) is 10.8 Å². The van der Waals surface area contributed by atoms with Gasteiger partial charge in [-0.2, -0.15) is 4.72 Å². The molecule has 1 amide bonds. The number of benzene rings is 2. The van der Waals surface area contributed by atoms with Crippen LogP contribution >= 0.6 is 0 Å². The van der Waals surface area contributed by atoms with E-state index >= 15 is 0 Å². The Morgan fingerprint density at radius 2 is 1.81 bits per heavy atom. The first kappa shape index (κ1) is 17.3. The minimum absolute atomic E-state index is 0.218. The molecule has 0 aliphatic carbocycles. The van der Waals surface area contributed by atoms with Crippen LogP contribution in [0.4, 0.5) is 5.69 Å². The van der Waals surface area contributed by atoms with Gasteiger partial charge in [0.05, 0.1) is 18.5 Å². The molecule has 0 saturated carbocycles. The highest BCUT2D eigenvalue weighted by Gasteiger charge is 2.29.